The van der Waals surface area contributed by atoms with Crippen LogP contribution in [-0.2, 0) is 14.8 Å². The summed E-state index contributed by atoms with van der Waals surface area (Å²) in [6.07, 6.45) is 2.16. The third-order valence-corrected chi connectivity index (χ3v) is 4.78. The molecule has 0 aliphatic heterocycles. The molecule has 20 heavy (non-hydrogen) atoms. The van der Waals surface area contributed by atoms with Gasteiger partial charge < -0.3 is 10.4 Å². The summed E-state index contributed by atoms with van der Waals surface area (Å²) < 4.78 is 26.5. The van der Waals surface area contributed by atoms with E-state index in [-0.39, 0.29) is 17.3 Å². The van der Waals surface area contributed by atoms with E-state index < -0.39 is 15.6 Å². The summed E-state index contributed by atoms with van der Waals surface area (Å²) in [6, 6.07) is 5.87. The molecule has 0 unspecified atom stereocenters. The summed E-state index contributed by atoms with van der Waals surface area (Å²) in [5.41, 5.74) is -0.363. The monoisotopic (exact) mass is 298 g/mol. The second kappa shape index (κ2) is 5.51. The van der Waals surface area contributed by atoms with E-state index in [4.69, 9.17) is 0 Å². The summed E-state index contributed by atoms with van der Waals surface area (Å²) in [6.45, 7) is 1.41. The van der Waals surface area contributed by atoms with E-state index in [9.17, 15) is 18.3 Å². The number of rotatable bonds is 5. The highest BCUT2D eigenvalue weighted by Gasteiger charge is 2.35. The number of hydrogen-bond donors (Lipinski definition) is 3. The van der Waals surface area contributed by atoms with Crippen LogP contribution >= 0.6 is 0 Å². The van der Waals surface area contributed by atoms with Crippen LogP contribution in [0.1, 0.15) is 26.2 Å². The van der Waals surface area contributed by atoms with Crippen LogP contribution in [0.5, 0.6) is 0 Å². The lowest BCUT2D eigenvalue weighted by molar-refractivity contribution is -0.114. The summed E-state index contributed by atoms with van der Waals surface area (Å²) in [7, 11) is -3.64. The van der Waals surface area contributed by atoms with Gasteiger partial charge in [-0.3, -0.25) is 4.79 Å². The van der Waals surface area contributed by atoms with Crippen LogP contribution in [0.25, 0.3) is 0 Å². The molecule has 1 aromatic rings. The first-order valence-electron chi connectivity index (χ1n) is 6.40. The molecule has 2 rings (SSSR count). The number of benzene rings is 1. The minimum atomic E-state index is -3.64. The fourth-order valence-corrected chi connectivity index (χ4v) is 3.11. The maximum atomic E-state index is 12.0. The van der Waals surface area contributed by atoms with Gasteiger partial charge in [-0.25, -0.2) is 13.1 Å². The SMILES string of the molecule is CC(=O)Nc1ccc(S(=O)(=O)NCC2(O)CCC2)cc1. The molecule has 1 saturated carbocycles. The van der Waals surface area contributed by atoms with E-state index in [0.717, 1.165) is 6.42 Å². The molecule has 1 fully saturated rings. The van der Waals surface area contributed by atoms with Crippen molar-refractivity contribution in [2.24, 2.45) is 0 Å². The topological polar surface area (TPSA) is 95.5 Å². The van der Waals surface area contributed by atoms with Gasteiger partial charge in [0.25, 0.3) is 0 Å². The number of carbonyl (C=O) groups is 1. The van der Waals surface area contributed by atoms with E-state index >= 15 is 0 Å². The summed E-state index contributed by atoms with van der Waals surface area (Å²) >= 11 is 0. The molecule has 6 nitrogen and oxygen atoms in total. The predicted molar refractivity (Wildman–Crippen MR) is 74.7 cm³/mol. The summed E-state index contributed by atoms with van der Waals surface area (Å²) in [5, 5.41) is 12.5. The van der Waals surface area contributed by atoms with E-state index in [1.54, 1.807) is 0 Å². The van der Waals surface area contributed by atoms with Crippen molar-refractivity contribution in [1.29, 1.82) is 0 Å². The zero-order chi connectivity index (χ0) is 14.8. The van der Waals surface area contributed by atoms with Gasteiger partial charge in [-0.2, -0.15) is 0 Å². The molecule has 1 amide bonds. The number of hydrogen-bond acceptors (Lipinski definition) is 4. The molecule has 0 atom stereocenters. The van der Waals surface area contributed by atoms with Gasteiger partial charge in [0.05, 0.1) is 10.5 Å². The quantitative estimate of drug-likeness (QED) is 0.750. The fraction of sp³-hybridized carbons (Fsp3) is 0.462. The molecular formula is C13H18N2O4S. The summed E-state index contributed by atoms with van der Waals surface area (Å²) in [5.74, 6) is -0.217. The van der Waals surface area contributed by atoms with Gasteiger partial charge in [-0.15, -0.1) is 0 Å². The van der Waals surface area contributed by atoms with Crippen LogP contribution in [-0.4, -0.2) is 31.6 Å². The number of sulfonamides is 1. The molecule has 3 N–H and O–H groups in total. The number of nitrogens with one attached hydrogen (secondary N) is 2. The number of carbonyl (C=O) groups excluding carboxylic acids is 1. The van der Waals surface area contributed by atoms with Crippen molar-refractivity contribution < 1.29 is 18.3 Å². The van der Waals surface area contributed by atoms with Crippen molar-refractivity contribution in [2.75, 3.05) is 11.9 Å². The van der Waals surface area contributed by atoms with Crippen LogP contribution in [0.3, 0.4) is 0 Å². The Bertz CT molecular complexity index is 591. The van der Waals surface area contributed by atoms with Crippen molar-refractivity contribution in [3.05, 3.63) is 24.3 Å². The van der Waals surface area contributed by atoms with Gasteiger partial charge in [-0.1, -0.05) is 0 Å². The van der Waals surface area contributed by atoms with Crippen molar-refractivity contribution in [2.45, 2.75) is 36.7 Å². The Morgan fingerprint density at radius 3 is 2.35 bits per heavy atom. The van der Waals surface area contributed by atoms with Crippen molar-refractivity contribution in [3.63, 3.8) is 0 Å². The zero-order valence-electron chi connectivity index (χ0n) is 11.2. The van der Waals surface area contributed by atoms with E-state index in [0.29, 0.717) is 18.5 Å². The van der Waals surface area contributed by atoms with Crippen LogP contribution in [0.4, 0.5) is 5.69 Å². The maximum Gasteiger partial charge on any atom is 0.240 e. The second-order valence-corrected chi connectivity index (χ2v) is 6.87. The third-order valence-electron chi connectivity index (χ3n) is 3.36. The first-order chi connectivity index (χ1) is 9.31. The molecule has 0 saturated heterocycles. The van der Waals surface area contributed by atoms with Crippen LogP contribution in [0.2, 0.25) is 0 Å². The van der Waals surface area contributed by atoms with Gasteiger partial charge in [0.1, 0.15) is 0 Å². The summed E-state index contributed by atoms with van der Waals surface area (Å²) in [4.78, 5) is 11.0. The highest BCUT2D eigenvalue weighted by molar-refractivity contribution is 7.89. The van der Waals surface area contributed by atoms with Crippen LogP contribution < -0.4 is 10.0 Å². The average Bonchev–Trinajstić information content (AvgIpc) is 2.34. The largest absolute Gasteiger partial charge is 0.389 e. The van der Waals surface area contributed by atoms with Gasteiger partial charge >= 0.3 is 0 Å². The minimum absolute atomic E-state index is 0.0305. The fourth-order valence-electron chi connectivity index (χ4n) is 2.00. The Morgan fingerprint density at radius 1 is 1.30 bits per heavy atom. The number of amides is 1. The van der Waals surface area contributed by atoms with E-state index in [1.165, 1.54) is 31.2 Å². The lowest BCUT2D eigenvalue weighted by atomic mass is 9.81. The molecule has 1 aliphatic carbocycles. The van der Waals surface area contributed by atoms with Crippen molar-refractivity contribution in [3.8, 4) is 0 Å². The molecule has 0 aromatic heterocycles. The third kappa shape index (κ3) is 3.56. The smallest absolute Gasteiger partial charge is 0.240 e. The average molecular weight is 298 g/mol. The van der Waals surface area contributed by atoms with Gasteiger partial charge in [0, 0.05) is 19.2 Å². The molecule has 0 heterocycles. The molecule has 1 aliphatic rings. The lowest BCUT2D eigenvalue weighted by Crippen LogP contribution is -2.47. The molecule has 110 valence electrons. The Morgan fingerprint density at radius 2 is 1.90 bits per heavy atom. The maximum absolute atomic E-state index is 12.0. The number of anilines is 1. The Kier molecular flexibility index (Phi) is 4.12. The van der Waals surface area contributed by atoms with Crippen molar-refractivity contribution >= 4 is 21.6 Å². The van der Waals surface area contributed by atoms with Crippen LogP contribution in [0.15, 0.2) is 29.2 Å². The van der Waals surface area contributed by atoms with Crippen molar-refractivity contribution in [1.82, 2.24) is 4.72 Å². The van der Waals surface area contributed by atoms with Gasteiger partial charge in [0.2, 0.25) is 15.9 Å². The normalized spacial score (nSPS) is 17.3. The minimum Gasteiger partial charge on any atom is -0.389 e. The lowest BCUT2D eigenvalue weighted by Gasteiger charge is -2.36. The molecule has 0 radical (unpaired) electrons. The second-order valence-electron chi connectivity index (χ2n) is 5.11. The highest BCUT2D eigenvalue weighted by atomic mass is 32.2. The molecule has 7 heteroatoms. The standard InChI is InChI=1S/C13H18N2O4S/c1-10(16)15-11-3-5-12(6-4-11)20(18,19)14-9-13(17)7-2-8-13/h3-6,14,17H,2,7-9H2,1H3,(H,15,16). The predicted octanol–water partition coefficient (Wildman–Crippen LogP) is 0.838. The van der Waals surface area contributed by atoms with Gasteiger partial charge in [-0.05, 0) is 43.5 Å². The van der Waals surface area contributed by atoms with E-state index in [2.05, 4.69) is 10.0 Å². The first kappa shape index (κ1) is 15.0. The van der Waals surface area contributed by atoms with Gasteiger partial charge in [0.15, 0.2) is 0 Å². The Hall–Kier alpha value is -1.44. The molecular weight excluding hydrogens is 280 g/mol. The Balaban J connectivity index is 2.03. The van der Waals surface area contributed by atoms with Crippen LogP contribution in [0, 0.1) is 0 Å². The number of aliphatic hydroxyl groups is 1. The highest BCUT2D eigenvalue weighted by Crippen LogP contribution is 2.31. The zero-order valence-corrected chi connectivity index (χ0v) is 12.0. The first-order valence-corrected chi connectivity index (χ1v) is 7.89. The Labute approximate surface area is 118 Å². The molecule has 0 bridgehead atoms. The molecule has 0 spiro atoms. The molecule has 1 aromatic carbocycles. The van der Waals surface area contributed by atoms with E-state index in [1.807, 2.05) is 0 Å².